The third-order valence-corrected chi connectivity index (χ3v) is 1.65. The predicted octanol–water partition coefficient (Wildman–Crippen LogP) is 2.51. The number of esters is 1. The summed E-state index contributed by atoms with van der Waals surface area (Å²) < 4.78 is 4.58. The summed E-state index contributed by atoms with van der Waals surface area (Å²) in [4.78, 5) is 15.1. The molecule has 14 heavy (non-hydrogen) atoms. The molecule has 0 aliphatic carbocycles. The van der Waals surface area contributed by atoms with E-state index in [4.69, 9.17) is 0 Å². The van der Waals surface area contributed by atoms with Crippen LogP contribution < -0.4 is 0 Å². The van der Waals surface area contributed by atoms with E-state index in [2.05, 4.69) is 9.72 Å². The van der Waals surface area contributed by atoms with E-state index in [1.54, 1.807) is 0 Å². The smallest absolute Gasteiger partial charge is 0.339 e. The lowest BCUT2D eigenvalue weighted by atomic mass is 10.1. The molecule has 0 N–H and O–H groups in total. The average Bonchev–Trinajstić information content (AvgIpc) is 2.20. The monoisotopic (exact) mass is 195 g/mol. The van der Waals surface area contributed by atoms with Crippen LogP contribution in [0.25, 0.3) is 0 Å². The van der Waals surface area contributed by atoms with Crippen LogP contribution in [-0.2, 0) is 4.74 Å². The second-order valence-electron chi connectivity index (χ2n) is 2.63. The topological polar surface area (TPSA) is 39.2 Å². The van der Waals surface area contributed by atoms with Gasteiger partial charge in [0.15, 0.2) is 0 Å². The van der Waals surface area contributed by atoms with Crippen LogP contribution in [0.1, 0.15) is 35.5 Å². The molecule has 0 radical (unpaired) electrons. The van der Waals surface area contributed by atoms with Crippen molar-refractivity contribution in [2.24, 2.45) is 0 Å². The summed E-state index contributed by atoms with van der Waals surface area (Å²) in [6.45, 7) is 7.75. The lowest BCUT2D eigenvalue weighted by Gasteiger charge is -2.02. The van der Waals surface area contributed by atoms with Crippen LogP contribution in [0.4, 0.5) is 0 Å². The number of ether oxygens (including phenoxy) is 1. The van der Waals surface area contributed by atoms with Crippen molar-refractivity contribution < 1.29 is 9.53 Å². The highest BCUT2D eigenvalue weighted by atomic mass is 16.5. The Morgan fingerprint density at radius 2 is 1.93 bits per heavy atom. The largest absolute Gasteiger partial charge is 0.465 e. The minimum atomic E-state index is -0.333. The van der Waals surface area contributed by atoms with E-state index < -0.39 is 0 Å². The number of aromatic nitrogens is 1. The van der Waals surface area contributed by atoms with E-state index in [0.29, 0.717) is 5.56 Å². The van der Waals surface area contributed by atoms with Crippen molar-refractivity contribution in [1.29, 1.82) is 0 Å². The zero-order chi connectivity index (χ0) is 11.1. The quantitative estimate of drug-likeness (QED) is 0.646. The molecule has 78 valence electrons. The summed E-state index contributed by atoms with van der Waals surface area (Å²) in [7, 11) is 1.36. The van der Waals surface area contributed by atoms with Crippen LogP contribution in [0, 0.1) is 13.8 Å². The normalized spacial score (nSPS) is 8.64. The van der Waals surface area contributed by atoms with Gasteiger partial charge in [0.25, 0.3) is 0 Å². The molecule has 0 saturated heterocycles. The molecule has 3 nitrogen and oxygen atoms in total. The number of rotatable bonds is 1. The minimum absolute atomic E-state index is 0.333. The summed E-state index contributed by atoms with van der Waals surface area (Å²) in [5.41, 5.74) is 2.33. The van der Waals surface area contributed by atoms with Crippen LogP contribution in [0.5, 0.6) is 0 Å². The summed E-state index contributed by atoms with van der Waals surface area (Å²) in [5, 5.41) is 0. The maximum Gasteiger partial charge on any atom is 0.339 e. The number of aryl methyl sites for hydroxylation is 2. The molecule has 1 aromatic heterocycles. The van der Waals surface area contributed by atoms with Crippen molar-refractivity contribution in [2.45, 2.75) is 27.7 Å². The number of pyridine rings is 1. The Bertz CT molecular complexity index is 308. The molecule has 1 heterocycles. The molecule has 0 amide bonds. The average molecular weight is 195 g/mol. The van der Waals surface area contributed by atoms with Gasteiger partial charge in [0, 0.05) is 11.9 Å². The van der Waals surface area contributed by atoms with E-state index in [9.17, 15) is 4.79 Å². The zero-order valence-electron chi connectivity index (χ0n) is 9.42. The molecule has 0 aliphatic heterocycles. The molecule has 0 aliphatic rings. The predicted molar refractivity (Wildman–Crippen MR) is 56.4 cm³/mol. The van der Waals surface area contributed by atoms with Gasteiger partial charge in [-0.15, -0.1) is 0 Å². The van der Waals surface area contributed by atoms with Gasteiger partial charge in [-0.3, -0.25) is 4.98 Å². The molecule has 0 atom stereocenters. The Kier molecular flexibility index (Phi) is 5.53. The lowest BCUT2D eigenvalue weighted by molar-refractivity contribution is 0.0599. The Morgan fingerprint density at radius 1 is 1.36 bits per heavy atom. The van der Waals surface area contributed by atoms with Crippen molar-refractivity contribution in [2.75, 3.05) is 7.11 Å². The van der Waals surface area contributed by atoms with E-state index in [0.717, 1.165) is 11.3 Å². The van der Waals surface area contributed by atoms with Crippen LogP contribution >= 0.6 is 0 Å². The van der Waals surface area contributed by atoms with E-state index in [1.807, 2.05) is 33.8 Å². The van der Waals surface area contributed by atoms with Crippen LogP contribution in [0.2, 0.25) is 0 Å². The number of hydrogen-bond acceptors (Lipinski definition) is 3. The van der Waals surface area contributed by atoms with Gasteiger partial charge in [0.05, 0.1) is 12.7 Å². The van der Waals surface area contributed by atoms with Crippen molar-refractivity contribution >= 4 is 5.97 Å². The first-order valence-corrected chi connectivity index (χ1v) is 4.66. The Hall–Kier alpha value is -1.38. The lowest BCUT2D eigenvalue weighted by Crippen LogP contribution is -2.04. The number of hydrogen-bond donors (Lipinski definition) is 0. The SMILES string of the molecule is CC.COC(=O)c1cnc(C)cc1C. The summed E-state index contributed by atoms with van der Waals surface area (Å²) >= 11 is 0. The van der Waals surface area contributed by atoms with Crippen LogP contribution in [0.15, 0.2) is 12.3 Å². The van der Waals surface area contributed by atoms with Crippen LogP contribution in [0.3, 0.4) is 0 Å². The maximum absolute atomic E-state index is 11.1. The first kappa shape index (κ1) is 12.6. The second-order valence-corrected chi connectivity index (χ2v) is 2.63. The number of nitrogens with zero attached hydrogens (tertiary/aromatic N) is 1. The Labute approximate surface area is 85.1 Å². The fourth-order valence-corrected chi connectivity index (χ4v) is 1.02. The summed E-state index contributed by atoms with van der Waals surface area (Å²) in [6.07, 6.45) is 1.54. The fraction of sp³-hybridized carbons (Fsp3) is 0.455. The van der Waals surface area contributed by atoms with Gasteiger partial charge in [-0.25, -0.2) is 4.79 Å². The van der Waals surface area contributed by atoms with Crippen molar-refractivity contribution in [3.05, 3.63) is 29.1 Å². The van der Waals surface area contributed by atoms with Crippen molar-refractivity contribution in [3.63, 3.8) is 0 Å². The minimum Gasteiger partial charge on any atom is -0.465 e. The molecule has 0 aromatic carbocycles. The van der Waals surface area contributed by atoms with Gasteiger partial charge in [-0.2, -0.15) is 0 Å². The molecule has 0 bridgehead atoms. The van der Waals surface area contributed by atoms with Gasteiger partial charge < -0.3 is 4.74 Å². The number of carbonyl (C=O) groups is 1. The fourth-order valence-electron chi connectivity index (χ4n) is 1.02. The van der Waals surface area contributed by atoms with E-state index in [1.165, 1.54) is 13.3 Å². The van der Waals surface area contributed by atoms with E-state index >= 15 is 0 Å². The number of carbonyl (C=O) groups excluding carboxylic acids is 1. The molecule has 3 heteroatoms. The molecule has 0 saturated carbocycles. The number of methoxy groups -OCH3 is 1. The van der Waals surface area contributed by atoms with Gasteiger partial charge in [-0.1, -0.05) is 13.8 Å². The zero-order valence-corrected chi connectivity index (χ0v) is 9.42. The van der Waals surface area contributed by atoms with Gasteiger partial charge in [0.2, 0.25) is 0 Å². The van der Waals surface area contributed by atoms with Gasteiger partial charge in [-0.05, 0) is 25.5 Å². The third-order valence-electron chi connectivity index (χ3n) is 1.65. The molecular formula is C11H17NO2. The molecule has 0 unspecified atom stereocenters. The van der Waals surface area contributed by atoms with E-state index in [-0.39, 0.29) is 5.97 Å². The van der Waals surface area contributed by atoms with Crippen LogP contribution in [-0.4, -0.2) is 18.1 Å². The standard InChI is InChI=1S/C9H11NO2.C2H6/c1-6-4-7(2)10-5-8(6)9(11)12-3;1-2/h4-5H,1-3H3;1-2H3. The van der Waals surface area contributed by atoms with Gasteiger partial charge >= 0.3 is 5.97 Å². The summed E-state index contributed by atoms with van der Waals surface area (Å²) in [5.74, 6) is -0.333. The highest BCUT2D eigenvalue weighted by Crippen LogP contribution is 2.08. The highest BCUT2D eigenvalue weighted by molar-refractivity contribution is 5.90. The molecule has 0 spiro atoms. The summed E-state index contributed by atoms with van der Waals surface area (Å²) in [6, 6.07) is 1.85. The van der Waals surface area contributed by atoms with Gasteiger partial charge in [0.1, 0.15) is 0 Å². The molecule has 1 aromatic rings. The Morgan fingerprint density at radius 3 is 2.36 bits per heavy atom. The third kappa shape index (κ3) is 3.17. The van der Waals surface area contributed by atoms with Crippen molar-refractivity contribution in [3.8, 4) is 0 Å². The Balaban J connectivity index is 0.000000791. The first-order valence-electron chi connectivity index (χ1n) is 4.66. The molecular weight excluding hydrogens is 178 g/mol. The second kappa shape index (κ2) is 6.13. The maximum atomic E-state index is 11.1. The molecule has 1 rings (SSSR count). The first-order chi connectivity index (χ1) is 6.65. The molecule has 0 fully saturated rings. The van der Waals surface area contributed by atoms with Crippen molar-refractivity contribution in [1.82, 2.24) is 4.98 Å². The highest BCUT2D eigenvalue weighted by Gasteiger charge is 2.08.